The number of benzene rings is 2. The van der Waals surface area contributed by atoms with E-state index in [1.165, 1.54) is 16.3 Å². The molecule has 0 N–H and O–H groups in total. The minimum atomic E-state index is 0.110. The number of hydrogen-bond donors (Lipinski definition) is 0. The molecule has 0 bridgehead atoms. The summed E-state index contributed by atoms with van der Waals surface area (Å²) in [7, 11) is 0. The Kier molecular flexibility index (Phi) is 7.91. The Morgan fingerprint density at radius 1 is 1.03 bits per heavy atom. The molecule has 1 amide bonds. The molecule has 35 heavy (non-hydrogen) atoms. The second kappa shape index (κ2) is 11.6. The van der Waals surface area contributed by atoms with Crippen LogP contribution in [0.25, 0.3) is 10.8 Å². The minimum Gasteiger partial charge on any atom is -0.492 e. The van der Waals surface area contributed by atoms with Gasteiger partial charge in [0.15, 0.2) is 0 Å². The van der Waals surface area contributed by atoms with Crippen molar-refractivity contribution in [2.24, 2.45) is 5.92 Å². The van der Waals surface area contributed by atoms with Gasteiger partial charge in [-0.2, -0.15) is 0 Å². The molecule has 2 aromatic carbocycles. The molecule has 1 aromatic heterocycles. The molecule has 0 aliphatic carbocycles. The number of pyridine rings is 1. The zero-order chi connectivity index (χ0) is 23.9. The van der Waals surface area contributed by atoms with Crippen molar-refractivity contribution in [2.75, 3.05) is 52.5 Å². The van der Waals surface area contributed by atoms with Gasteiger partial charge in [0.05, 0.1) is 13.2 Å². The molecule has 3 aromatic rings. The Morgan fingerprint density at radius 3 is 2.83 bits per heavy atom. The van der Waals surface area contributed by atoms with Crippen molar-refractivity contribution in [1.82, 2.24) is 14.8 Å². The Morgan fingerprint density at radius 2 is 1.91 bits per heavy atom. The number of ether oxygens (including phenoxy) is 2. The van der Waals surface area contributed by atoms with Gasteiger partial charge in [-0.05, 0) is 66.8 Å². The molecule has 2 fully saturated rings. The van der Waals surface area contributed by atoms with E-state index < -0.39 is 0 Å². The average Bonchev–Trinajstić information content (AvgIpc) is 3.15. The lowest BCUT2D eigenvalue weighted by Gasteiger charge is -2.26. The number of rotatable bonds is 7. The van der Waals surface area contributed by atoms with Crippen LogP contribution in [0.15, 0.2) is 60.9 Å². The maximum absolute atomic E-state index is 13.3. The molecule has 0 radical (unpaired) electrons. The first-order valence-corrected chi connectivity index (χ1v) is 12.9. The normalized spacial score (nSPS) is 19.4. The predicted molar refractivity (Wildman–Crippen MR) is 138 cm³/mol. The van der Waals surface area contributed by atoms with Gasteiger partial charge in [0.1, 0.15) is 12.4 Å². The molecule has 6 nitrogen and oxygen atoms in total. The third kappa shape index (κ3) is 6.19. The summed E-state index contributed by atoms with van der Waals surface area (Å²) in [4.78, 5) is 22.0. The molecule has 6 heteroatoms. The summed E-state index contributed by atoms with van der Waals surface area (Å²) < 4.78 is 11.4. The molecular formula is C29H35N3O3. The van der Waals surface area contributed by atoms with Gasteiger partial charge in [-0.1, -0.05) is 24.3 Å². The van der Waals surface area contributed by atoms with Crippen LogP contribution in [-0.4, -0.2) is 73.2 Å². The summed E-state index contributed by atoms with van der Waals surface area (Å²) in [6.07, 6.45) is 8.08. The van der Waals surface area contributed by atoms with Gasteiger partial charge in [0.2, 0.25) is 0 Å². The van der Waals surface area contributed by atoms with E-state index in [1.54, 1.807) is 0 Å². The zero-order valence-electron chi connectivity index (χ0n) is 20.4. The maximum Gasteiger partial charge on any atom is 0.253 e. The molecule has 2 aliphatic heterocycles. The number of fused-ring (bicyclic) bond motifs is 1. The highest BCUT2D eigenvalue weighted by Gasteiger charge is 2.22. The van der Waals surface area contributed by atoms with Gasteiger partial charge in [-0.3, -0.25) is 14.7 Å². The largest absolute Gasteiger partial charge is 0.492 e. The van der Waals surface area contributed by atoms with Crippen LogP contribution in [0.5, 0.6) is 5.75 Å². The zero-order valence-corrected chi connectivity index (χ0v) is 20.4. The molecule has 5 rings (SSSR count). The molecule has 2 saturated heterocycles. The number of carbonyl (C=O) groups excluding carboxylic acids is 1. The third-order valence-corrected chi connectivity index (χ3v) is 7.28. The van der Waals surface area contributed by atoms with Gasteiger partial charge in [0, 0.05) is 56.1 Å². The van der Waals surface area contributed by atoms with Crippen molar-refractivity contribution in [3.63, 3.8) is 0 Å². The van der Waals surface area contributed by atoms with E-state index in [0.29, 0.717) is 18.1 Å². The van der Waals surface area contributed by atoms with Crippen LogP contribution < -0.4 is 4.74 Å². The van der Waals surface area contributed by atoms with E-state index >= 15 is 0 Å². The number of amides is 1. The van der Waals surface area contributed by atoms with Gasteiger partial charge in [0.25, 0.3) is 5.91 Å². The fraction of sp³-hybridized carbons (Fsp3) is 0.448. The second-order valence-corrected chi connectivity index (χ2v) is 9.64. The van der Waals surface area contributed by atoms with Crippen molar-refractivity contribution >= 4 is 16.7 Å². The van der Waals surface area contributed by atoms with Crippen LogP contribution in [0.3, 0.4) is 0 Å². The standard InChI is InChI=1S/C29H35N3O3/c33-29(26-7-2-8-27(21-26)35-19-16-31-14-17-34-18-15-31)32-12-3-4-23(10-13-32)20-25-6-1-5-24-9-11-30-22-28(24)25/h1-2,5-9,11,21-23H,3-4,10,12-20H2/t23-/m1/s1. The van der Waals surface area contributed by atoms with Crippen molar-refractivity contribution in [3.05, 3.63) is 72.1 Å². The molecule has 184 valence electrons. The lowest BCUT2D eigenvalue weighted by molar-refractivity contribution is 0.0322. The summed E-state index contributed by atoms with van der Waals surface area (Å²) >= 11 is 0. The quantitative estimate of drug-likeness (QED) is 0.508. The summed E-state index contributed by atoms with van der Waals surface area (Å²) in [5.41, 5.74) is 2.08. The fourth-order valence-electron chi connectivity index (χ4n) is 5.26. The van der Waals surface area contributed by atoms with E-state index in [9.17, 15) is 4.79 Å². The van der Waals surface area contributed by atoms with E-state index in [2.05, 4.69) is 34.1 Å². The molecular weight excluding hydrogens is 438 g/mol. The topological polar surface area (TPSA) is 54.9 Å². The Labute approximate surface area is 207 Å². The predicted octanol–water partition coefficient (Wildman–Crippen LogP) is 4.43. The van der Waals surface area contributed by atoms with E-state index in [4.69, 9.17) is 9.47 Å². The highest BCUT2D eigenvalue weighted by molar-refractivity contribution is 5.94. The highest BCUT2D eigenvalue weighted by atomic mass is 16.5. The number of aromatic nitrogens is 1. The number of likely N-dealkylation sites (tertiary alicyclic amines) is 1. The molecule has 0 unspecified atom stereocenters. The van der Waals surface area contributed by atoms with Gasteiger partial charge in [-0.15, -0.1) is 0 Å². The van der Waals surface area contributed by atoms with Crippen molar-refractivity contribution < 1.29 is 14.3 Å². The van der Waals surface area contributed by atoms with Crippen molar-refractivity contribution in [3.8, 4) is 5.75 Å². The number of carbonyl (C=O) groups is 1. The maximum atomic E-state index is 13.3. The number of morpholine rings is 1. The van der Waals surface area contributed by atoms with Crippen LogP contribution in [0.1, 0.15) is 35.2 Å². The summed E-state index contributed by atoms with van der Waals surface area (Å²) in [6, 6.07) is 16.2. The lowest BCUT2D eigenvalue weighted by atomic mass is 9.91. The minimum absolute atomic E-state index is 0.110. The fourth-order valence-corrected chi connectivity index (χ4v) is 5.26. The van der Waals surface area contributed by atoms with E-state index in [-0.39, 0.29) is 5.91 Å². The van der Waals surface area contributed by atoms with Crippen LogP contribution >= 0.6 is 0 Å². The molecule has 0 saturated carbocycles. The smallest absolute Gasteiger partial charge is 0.253 e. The summed E-state index contributed by atoms with van der Waals surface area (Å²) in [5.74, 6) is 1.45. The van der Waals surface area contributed by atoms with Crippen molar-refractivity contribution in [1.29, 1.82) is 0 Å². The molecule has 1 atom stereocenters. The number of hydrogen-bond acceptors (Lipinski definition) is 5. The number of nitrogens with zero attached hydrogens (tertiary/aromatic N) is 3. The Bertz CT molecular complexity index is 1120. The van der Waals surface area contributed by atoms with Gasteiger partial charge >= 0.3 is 0 Å². The van der Waals surface area contributed by atoms with E-state index in [1.807, 2.05) is 41.6 Å². The van der Waals surface area contributed by atoms with Crippen LogP contribution in [0.2, 0.25) is 0 Å². The van der Waals surface area contributed by atoms with Crippen LogP contribution in [0.4, 0.5) is 0 Å². The summed E-state index contributed by atoms with van der Waals surface area (Å²) in [5, 5.41) is 2.49. The molecule has 0 spiro atoms. The SMILES string of the molecule is O=C(c1cccc(OCCN2CCOCC2)c1)N1CCC[C@@H](Cc2cccc3ccncc23)CC1. The average molecular weight is 474 g/mol. The highest BCUT2D eigenvalue weighted by Crippen LogP contribution is 2.27. The van der Waals surface area contributed by atoms with Crippen LogP contribution in [0, 0.1) is 5.92 Å². The first-order chi connectivity index (χ1) is 17.3. The first kappa shape index (κ1) is 23.8. The monoisotopic (exact) mass is 473 g/mol. The Balaban J connectivity index is 1.16. The van der Waals surface area contributed by atoms with E-state index in [0.717, 1.165) is 77.4 Å². The first-order valence-electron chi connectivity index (χ1n) is 12.9. The van der Waals surface area contributed by atoms with Gasteiger partial charge < -0.3 is 14.4 Å². The third-order valence-electron chi connectivity index (χ3n) is 7.28. The second-order valence-electron chi connectivity index (χ2n) is 9.64. The Hall–Kier alpha value is -2.96. The van der Waals surface area contributed by atoms with Gasteiger partial charge in [-0.25, -0.2) is 0 Å². The molecule has 2 aliphatic rings. The lowest BCUT2D eigenvalue weighted by Crippen LogP contribution is -2.38. The van der Waals surface area contributed by atoms with Crippen molar-refractivity contribution in [2.45, 2.75) is 25.7 Å². The van der Waals surface area contributed by atoms with Crippen LogP contribution in [-0.2, 0) is 11.2 Å². The molecule has 3 heterocycles. The summed E-state index contributed by atoms with van der Waals surface area (Å²) in [6.45, 7) is 6.60.